The monoisotopic (exact) mass is 333 g/mol. The molecule has 1 saturated heterocycles. The SMILES string of the molecule is CCNC(=O)N1CCN(C(=O)C2(c3cccc(F)c3)CCC2)CC1. The second-order valence-corrected chi connectivity index (χ2v) is 6.56. The molecule has 0 bridgehead atoms. The fourth-order valence-corrected chi connectivity index (χ4v) is 3.62. The maximum Gasteiger partial charge on any atom is 0.317 e. The summed E-state index contributed by atoms with van der Waals surface area (Å²) < 4.78 is 13.6. The fraction of sp³-hybridized carbons (Fsp3) is 0.556. The minimum atomic E-state index is -0.573. The average Bonchev–Trinajstić information content (AvgIpc) is 2.54. The minimum absolute atomic E-state index is 0.0758. The van der Waals surface area contributed by atoms with Crippen molar-refractivity contribution in [1.82, 2.24) is 15.1 Å². The predicted octanol–water partition coefficient (Wildman–Crippen LogP) is 2.12. The maximum atomic E-state index is 13.6. The summed E-state index contributed by atoms with van der Waals surface area (Å²) in [5.74, 6) is -0.220. The van der Waals surface area contributed by atoms with E-state index in [1.165, 1.54) is 12.1 Å². The summed E-state index contributed by atoms with van der Waals surface area (Å²) in [6, 6.07) is 6.34. The first-order valence-electron chi connectivity index (χ1n) is 8.65. The molecule has 1 aromatic rings. The molecule has 1 aliphatic heterocycles. The van der Waals surface area contributed by atoms with E-state index in [-0.39, 0.29) is 17.8 Å². The predicted molar refractivity (Wildman–Crippen MR) is 89.2 cm³/mol. The van der Waals surface area contributed by atoms with Crippen molar-refractivity contribution in [3.63, 3.8) is 0 Å². The van der Waals surface area contributed by atoms with E-state index in [4.69, 9.17) is 0 Å². The molecule has 2 aliphatic rings. The smallest absolute Gasteiger partial charge is 0.317 e. The molecule has 6 heteroatoms. The largest absolute Gasteiger partial charge is 0.338 e. The molecule has 5 nitrogen and oxygen atoms in total. The van der Waals surface area contributed by atoms with Crippen LogP contribution in [0.15, 0.2) is 24.3 Å². The molecule has 3 amide bonds. The molecule has 2 fully saturated rings. The molecule has 1 heterocycles. The van der Waals surface area contributed by atoms with Crippen LogP contribution < -0.4 is 5.32 Å². The van der Waals surface area contributed by atoms with Gasteiger partial charge in [-0.3, -0.25) is 4.79 Å². The number of carbonyl (C=O) groups is 2. The van der Waals surface area contributed by atoms with Gasteiger partial charge in [0, 0.05) is 32.7 Å². The molecule has 0 atom stereocenters. The summed E-state index contributed by atoms with van der Waals surface area (Å²) >= 11 is 0. The number of urea groups is 1. The third kappa shape index (κ3) is 2.97. The molecular formula is C18H24FN3O2. The number of hydrogen-bond acceptors (Lipinski definition) is 2. The second kappa shape index (κ2) is 6.79. The van der Waals surface area contributed by atoms with E-state index >= 15 is 0 Å². The van der Waals surface area contributed by atoms with Crippen molar-refractivity contribution in [3.05, 3.63) is 35.6 Å². The van der Waals surface area contributed by atoms with Crippen LogP contribution in [0.3, 0.4) is 0 Å². The van der Waals surface area contributed by atoms with Gasteiger partial charge in [0.25, 0.3) is 0 Å². The normalized spacial score (nSPS) is 19.6. The van der Waals surface area contributed by atoms with Gasteiger partial charge in [-0.1, -0.05) is 18.6 Å². The summed E-state index contributed by atoms with van der Waals surface area (Å²) in [4.78, 5) is 28.5. The molecular weight excluding hydrogens is 309 g/mol. The Labute approximate surface area is 141 Å². The zero-order valence-corrected chi connectivity index (χ0v) is 14.1. The van der Waals surface area contributed by atoms with Crippen LogP contribution in [0.5, 0.6) is 0 Å². The lowest BCUT2D eigenvalue weighted by Gasteiger charge is -2.46. The summed E-state index contributed by atoms with van der Waals surface area (Å²) in [5.41, 5.74) is 0.209. The van der Waals surface area contributed by atoms with Gasteiger partial charge in [-0.05, 0) is 37.5 Å². The van der Waals surface area contributed by atoms with Crippen LogP contribution in [0.4, 0.5) is 9.18 Å². The number of nitrogens with zero attached hydrogens (tertiary/aromatic N) is 2. The number of carbonyl (C=O) groups excluding carboxylic acids is 2. The van der Waals surface area contributed by atoms with Crippen LogP contribution in [0.1, 0.15) is 31.7 Å². The van der Waals surface area contributed by atoms with E-state index in [0.717, 1.165) is 24.8 Å². The van der Waals surface area contributed by atoms with Crippen molar-refractivity contribution in [2.24, 2.45) is 0 Å². The number of halogens is 1. The number of benzene rings is 1. The van der Waals surface area contributed by atoms with Crippen LogP contribution in [0.2, 0.25) is 0 Å². The minimum Gasteiger partial charge on any atom is -0.338 e. The third-order valence-corrected chi connectivity index (χ3v) is 5.18. The Kier molecular flexibility index (Phi) is 4.73. The molecule has 1 N–H and O–H groups in total. The van der Waals surface area contributed by atoms with Gasteiger partial charge in [-0.15, -0.1) is 0 Å². The Morgan fingerprint density at radius 3 is 2.38 bits per heavy atom. The summed E-state index contributed by atoms with van der Waals surface area (Å²) in [5, 5.41) is 2.79. The van der Waals surface area contributed by atoms with Crippen molar-refractivity contribution < 1.29 is 14.0 Å². The van der Waals surface area contributed by atoms with E-state index in [2.05, 4.69) is 5.32 Å². The Morgan fingerprint density at radius 2 is 1.83 bits per heavy atom. The highest BCUT2D eigenvalue weighted by atomic mass is 19.1. The molecule has 0 radical (unpaired) electrons. The van der Waals surface area contributed by atoms with Gasteiger partial charge in [-0.2, -0.15) is 0 Å². The lowest BCUT2D eigenvalue weighted by atomic mass is 9.63. The number of hydrogen-bond donors (Lipinski definition) is 1. The van der Waals surface area contributed by atoms with Gasteiger partial charge >= 0.3 is 6.03 Å². The highest BCUT2D eigenvalue weighted by Crippen LogP contribution is 2.45. The molecule has 0 unspecified atom stereocenters. The Bertz CT molecular complexity index is 622. The number of rotatable bonds is 3. The van der Waals surface area contributed by atoms with Crippen LogP contribution in [0.25, 0.3) is 0 Å². The van der Waals surface area contributed by atoms with E-state index in [1.54, 1.807) is 11.0 Å². The zero-order chi connectivity index (χ0) is 17.2. The Hall–Kier alpha value is -2.11. The lowest BCUT2D eigenvalue weighted by Crippen LogP contribution is -2.58. The first-order valence-corrected chi connectivity index (χ1v) is 8.65. The fourth-order valence-electron chi connectivity index (χ4n) is 3.62. The van der Waals surface area contributed by atoms with Gasteiger partial charge in [0.1, 0.15) is 5.82 Å². The number of piperazine rings is 1. The van der Waals surface area contributed by atoms with Crippen molar-refractivity contribution >= 4 is 11.9 Å². The van der Waals surface area contributed by atoms with E-state index in [1.807, 2.05) is 17.9 Å². The van der Waals surface area contributed by atoms with Crippen molar-refractivity contribution in [2.45, 2.75) is 31.6 Å². The molecule has 0 aromatic heterocycles. The summed E-state index contributed by atoms with van der Waals surface area (Å²) in [6.45, 7) is 4.63. The van der Waals surface area contributed by atoms with E-state index in [9.17, 15) is 14.0 Å². The lowest BCUT2D eigenvalue weighted by molar-refractivity contribution is -0.142. The van der Waals surface area contributed by atoms with Gasteiger partial charge in [0.2, 0.25) is 5.91 Å². The zero-order valence-electron chi connectivity index (χ0n) is 14.1. The molecule has 1 aliphatic carbocycles. The number of amides is 3. The molecule has 1 aromatic carbocycles. The average molecular weight is 333 g/mol. The van der Waals surface area contributed by atoms with Gasteiger partial charge in [-0.25, -0.2) is 9.18 Å². The van der Waals surface area contributed by atoms with Crippen molar-refractivity contribution in [1.29, 1.82) is 0 Å². The Morgan fingerprint density at radius 1 is 1.17 bits per heavy atom. The summed E-state index contributed by atoms with van der Waals surface area (Å²) in [6.07, 6.45) is 2.53. The van der Waals surface area contributed by atoms with Crippen LogP contribution >= 0.6 is 0 Å². The molecule has 130 valence electrons. The molecule has 0 spiro atoms. The third-order valence-electron chi connectivity index (χ3n) is 5.18. The quantitative estimate of drug-likeness (QED) is 0.921. The first-order chi connectivity index (χ1) is 11.6. The molecule has 24 heavy (non-hydrogen) atoms. The van der Waals surface area contributed by atoms with E-state index in [0.29, 0.717) is 32.7 Å². The summed E-state index contributed by atoms with van der Waals surface area (Å²) in [7, 11) is 0. The molecule has 1 saturated carbocycles. The Balaban J connectivity index is 1.69. The highest BCUT2D eigenvalue weighted by Gasteiger charge is 2.48. The standard InChI is InChI=1S/C18H24FN3O2/c1-2-20-17(24)22-11-9-21(10-12-22)16(23)18(7-4-8-18)14-5-3-6-15(19)13-14/h3,5-6,13H,2,4,7-12H2,1H3,(H,20,24). The second-order valence-electron chi connectivity index (χ2n) is 6.56. The van der Waals surface area contributed by atoms with Gasteiger partial charge in [0.05, 0.1) is 5.41 Å². The molecule has 3 rings (SSSR count). The van der Waals surface area contributed by atoms with Crippen LogP contribution in [-0.4, -0.2) is 54.5 Å². The van der Waals surface area contributed by atoms with Crippen LogP contribution in [0, 0.1) is 5.82 Å². The first kappa shape index (κ1) is 16.7. The van der Waals surface area contributed by atoms with E-state index < -0.39 is 5.41 Å². The number of nitrogens with one attached hydrogen (secondary N) is 1. The van der Waals surface area contributed by atoms with Crippen molar-refractivity contribution in [2.75, 3.05) is 32.7 Å². The van der Waals surface area contributed by atoms with Crippen molar-refractivity contribution in [3.8, 4) is 0 Å². The topological polar surface area (TPSA) is 52.7 Å². The highest BCUT2D eigenvalue weighted by molar-refractivity contribution is 5.89. The van der Waals surface area contributed by atoms with Gasteiger partial charge < -0.3 is 15.1 Å². The van der Waals surface area contributed by atoms with Crippen LogP contribution in [-0.2, 0) is 10.2 Å². The maximum absolute atomic E-state index is 13.6. The van der Waals surface area contributed by atoms with Gasteiger partial charge in [0.15, 0.2) is 0 Å².